The van der Waals surface area contributed by atoms with E-state index in [-0.39, 0.29) is 5.92 Å². The minimum Gasteiger partial charge on any atom is -0.393 e. The molecule has 0 aliphatic carbocycles. The Hall–Kier alpha value is -2.68. The molecule has 180 valence electrons. The molecule has 3 aromatic carbocycles. The second-order valence-corrected chi connectivity index (χ2v) is 9.59. The number of rotatable bonds is 14. The molecule has 2 heteroatoms. The van der Waals surface area contributed by atoms with Crippen LogP contribution in [0.4, 0.5) is 0 Å². The zero-order valence-electron chi connectivity index (χ0n) is 20.8. The molecular formula is C32H40O2. The number of aliphatic hydroxyl groups is 1. The second kappa shape index (κ2) is 13.3. The third-order valence-electron chi connectivity index (χ3n) is 6.64. The van der Waals surface area contributed by atoms with E-state index < -0.39 is 11.7 Å². The second-order valence-electron chi connectivity index (χ2n) is 9.59. The van der Waals surface area contributed by atoms with Gasteiger partial charge < -0.3 is 9.84 Å². The van der Waals surface area contributed by atoms with Gasteiger partial charge in [0.2, 0.25) is 0 Å². The monoisotopic (exact) mass is 456 g/mol. The minimum atomic E-state index is -0.741. The van der Waals surface area contributed by atoms with Crippen LogP contribution < -0.4 is 0 Å². The molecular weight excluding hydrogens is 416 g/mol. The lowest BCUT2D eigenvalue weighted by Crippen LogP contribution is -2.34. The fourth-order valence-electron chi connectivity index (χ4n) is 4.81. The van der Waals surface area contributed by atoms with E-state index in [9.17, 15) is 5.11 Å². The van der Waals surface area contributed by atoms with Gasteiger partial charge in [0.1, 0.15) is 5.60 Å². The number of ether oxygens (including phenoxy) is 1. The van der Waals surface area contributed by atoms with Crippen LogP contribution in [0.15, 0.2) is 104 Å². The number of benzene rings is 3. The first kappa shape index (κ1) is 25.9. The molecule has 0 spiro atoms. The predicted molar refractivity (Wildman–Crippen MR) is 143 cm³/mol. The number of allylic oxidation sites excluding steroid dienone is 1. The summed E-state index contributed by atoms with van der Waals surface area (Å²) < 4.78 is 6.84. The average molecular weight is 457 g/mol. The molecule has 0 saturated heterocycles. The van der Waals surface area contributed by atoms with E-state index in [1.807, 2.05) is 24.3 Å². The number of aliphatic hydroxyl groups excluding tert-OH is 1. The van der Waals surface area contributed by atoms with Crippen LogP contribution in [0.1, 0.15) is 62.6 Å². The maximum Gasteiger partial charge on any atom is 0.143 e. The average Bonchev–Trinajstić information content (AvgIpc) is 2.87. The third kappa shape index (κ3) is 6.68. The molecule has 2 nitrogen and oxygen atoms in total. The molecule has 0 aliphatic rings. The Morgan fingerprint density at radius 2 is 1.24 bits per heavy atom. The fraction of sp³-hybridized carbons (Fsp3) is 0.375. The van der Waals surface area contributed by atoms with Crippen molar-refractivity contribution in [2.45, 2.75) is 57.7 Å². The van der Waals surface area contributed by atoms with Crippen molar-refractivity contribution < 1.29 is 9.84 Å². The predicted octanol–water partition coefficient (Wildman–Crippen LogP) is 7.76. The van der Waals surface area contributed by atoms with Crippen LogP contribution in [0.3, 0.4) is 0 Å². The van der Waals surface area contributed by atoms with Crippen LogP contribution in [-0.2, 0) is 10.3 Å². The lowest BCUT2D eigenvalue weighted by Gasteiger charge is -2.36. The molecule has 1 N–H and O–H groups in total. The van der Waals surface area contributed by atoms with Gasteiger partial charge in [-0.15, -0.1) is 6.58 Å². The molecule has 0 aliphatic heterocycles. The van der Waals surface area contributed by atoms with Crippen LogP contribution in [0.25, 0.3) is 0 Å². The third-order valence-corrected chi connectivity index (χ3v) is 6.64. The van der Waals surface area contributed by atoms with Crippen LogP contribution in [0, 0.1) is 11.8 Å². The van der Waals surface area contributed by atoms with Crippen molar-refractivity contribution in [3.05, 3.63) is 120 Å². The summed E-state index contributed by atoms with van der Waals surface area (Å²) in [5.74, 6) is 0.910. The fourth-order valence-corrected chi connectivity index (χ4v) is 4.81. The van der Waals surface area contributed by atoms with Crippen molar-refractivity contribution in [1.29, 1.82) is 0 Å². The first-order valence-electron chi connectivity index (χ1n) is 12.7. The zero-order valence-corrected chi connectivity index (χ0v) is 20.8. The Bertz CT molecular complexity index is 853. The Labute approximate surface area is 206 Å². The molecule has 3 aromatic rings. The van der Waals surface area contributed by atoms with E-state index in [2.05, 4.69) is 93.2 Å². The van der Waals surface area contributed by atoms with Gasteiger partial charge in [0.15, 0.2) is 0 Å². The molecule has 0 fully saturated rings. The van der Waals surface area contributed by atoms with Gasteiger partial charge in [0.25, 0.3) is 0 Å². The van der Waals surface area contributed by atoms with Gasteiger partial charge in [-0.2, -0.15) is 0 Å². The SMILES string of the molecule is C=CC[C@@H](CCCC(C)C)[C@H](O)CCOC(c1ccccc1)(c1ccccc1)c1ccccc1. The van der Waals surface area contributed by atoms with Crippen molar-refractivity contribution in [2.75, 3.05) is 6.61 Å². The maximum absolute atomic E-state index is 11.1. The highest BCUT2D eigenvalue weighted by molar-refractivity contribution is 5.47. The van der Waals surface area contributed by atoms with E-state index in [1.54, 1.807) is 0 Å². The number of hydrogen-bond acceptors (Lipinski definition) is 2. The highest BCUT2D eigenvalue weighted by Crippen LogP contribution is 2.40. The maximum atomic E-state index is 11.1. The van der Waals surface area contributed by atoms with Crippen LogP contribution in [0.2, 0.25) is 0 Å². The van der Waals surface area contributed by atoms with E-state index >= 15 is 0 Å². The molecule has 0 amide bonds. The van der Waals surface area contributed by atoms with Gasteiger partial charge in [-0.3, -0.25) is 0 Å². The summed E-state index contributed by atoms with van der Waals surface area (Å²) in [7, 11) is 0. The molecule has 0 saturated carbocycles. The minimum absolute atomic E-state index is 0.222. The molecule has 0 unspecified atom stereocenters. The van der Waals surface area contributed by atoms with Crippen molar-refractivity contribution >= 4 is 0 Å². The Balaban J connectivity index is 1.86. The van der Waals surface area contributed by atoms with E-state index in [0.29, 0.717) is 18.9 Å². The van der Waals surface area contributed by atoms with Gasteiger partial charge in [0.05, 0.1) is 12.7 Å². The molecule has 0 bridgehead atoms. The normalized spacial score (nSPS) is 13.5. The van der Waals surface area contributed by atoms with E-state index in [4.69, 9.17) is 4.74 Å². The van der Waals surface area contributed by atoms with Gasteiger partial charge in [-0.25, -0.2) is 0 Å². The summed E-state index contributed by atoms with van der Waals surface area (Å²) in [5.41, 5.74) is 2.51. The number of hydrogen-bond donors (Lipinski definition) is 1. The Morgan fingerprint density at radius 1 is 0.765 bits per heavy atom. The van der Waals surface area contributed by atoms with Crippen LogP contribution in [-0.4, -0.2) is 17.8 Å². The van der Waals surface area contributed by atoms with Crippen molar-refractivity contribution in [3.63, 3.8) is 0 Å². The molecule has 3 rings (SSSR count). The molecule has 2 atom stereocenters. The summed E-state index contributed by atoms with van der Waals surface area (Å²) >= 11 is 0. The molecule has 0 aromatic heterocycles. The summed E-state index contributed by atoms with van der Waals surface area (Å²) in [6.45, 7) is 8.88. The summed E-state index contributed by atoms with van der Waals surface area (Å²) in [6, 6.07) is 31.2. The van der Waals surface area contributed by atoms with Crippen molar-refractivity contribution in [2.24, 2.45) is 11.8 Å². The van der Waals surface area contributed by atoms with Crippen LogP contribution >= 0.6 is 0 Å². The highest BCUT2D eigenvalue weighted by atomic mass is 16.5. The lowest BCUT2D eigenvalue weighted by atomic mass is 9.80. The first-order valence-corrected chi connectivity index (χ1v) is 12.7. The van der Waals surface area contributed by atoms with Crippen LogP contribution in [0.5, 0.6) is 0 Å². The molecule has 34 heavy (non-hydrogen) atoms. The zero-order chi connectivity index (χ0) is 24.2. The van der Waals surface area contributed by atoms with E-state index in [1.165, 1.54) is 6.42 Å². The van der Waals surface area contributed by atoms with Gasteiger partial charge in [-0.05, 0) is 47.8 Å². The largest absolute Gasteiger partial charge is 0.393 e. The molecule has 0 radical (unpaired) electrons. The highest BCUT2D eigenvalue weighted by Gasteiger charge is 2.37. The first-order chi connectivity index (χ1) is 16.6. The van der Waals surface area contributed by atoms with Crippen molar-refractivity contribution in [3.8, 4) is 0 Å². The topological polar surface area (TPSA) is 29.5 Å². The van der Waals surface area contributed by atoms with Gasteiger partial charge in [-0.1, -0.05) is 124 Å². The van der Waals surface area contributed by atoms with E-state index in [0.717, 1.165) is 36.0 Å². The summed E-state index contributed by atoms with van der Waals surface area (Å²) in [5, 5.41) is 11.1. The van der Waals surface area contributed by atoms with Gasteiger partial charge >= 0.3 is 0 Å². The van der Waals surface area contributed by atoms with Gasteiger partial charge in [0, 0.05) is 0 Å². The molecule has 0 heterocycles. The van der Waals surface area contributed by atoms with Crippen molar-refractivity contribution in [1.82, 2.24) is 0 Å². The Morgan fingerprint density at radius 3 is 1.65 bits per heavy atom. The lowest BCUT2D eigenvalue weighted by molar-refractivity contribution is -0.0156. The smallest absolute Gasteiger partial charge is 0.143 e. The quantitative estimate of drug-likeness (QED) is 0.198. The standard InChI is InChI=1S/C32H40O2/c1-4-15-27(17-14-16-26(2)3)31(33)24-25-34-32(28-18-8-5-9-19-28,29-20-10-6-11-21-29)30-22-12-7-13-23-30/h4-13,18-23,26-27,31,33H,1,14-17,24-25H2,2-3H3/t27-,31+/m0/s1. The summed E-state index contributed by atoms with van der Waals surface area (Å²) in [6.07, 6.45) is 6.30. The summed E-state index contributed by atoms with van der Waals surface area (Å²) in [4.78, 5) is 0. The Kier molecular flexibility index (Phi) is 10.1.